The van der Waals surface area contributed by atoms with Crippen LogP contribution in [0.2, 0.25) is 0 Å². The molecular formula is C15H22BrNOS. The van der Waals surface area contributed by atoms with Crippen LogP contribution in [0.1, 0.15) is 45.1 Å². The fraction of sp³-hybridized carbons (Fsp3) is 0.600. The summed E-state index contributed by atoms with van der Waals surface area (Å²) < 4.78 is 15.6. The average Bonchev–Trinajstić information content (AvgIpc) is 2.38. The van der Waals surface area contributed by atoms with Crippen molar-refractivity contribution in [2.75, 3.05) is 13.1 Å². The van der Waals surface area contributed by atoms with Gasteiger partial charge in [0.15, 0.2) is 0 Å². The molecule has 1 aliphatic rings. The number of nitrogens with zero attached hydrogens (tertiary/aromatic N) is 1. The molecule has 1 fully saturated rings. The molecular weight excluding hydrogens is 322 g/mol. The van der Waals surface area contributed by atoms with Gasteiger partial charge in [0.25, 0.3) is 0 Å². The second-order valence-corrected chi connectivity index (χ2v) is 9.30. The van der Waals surface area contributed by atoms with Crippen molar-refractivity contribution in [3.63, 3.8) is 0 Å². The molecule has 0 saturated carbocycles. The molecule has 1 unspecified atom stereocenters. The molecule has 106 valence electrons. The second-order valence-electron chi connectivity index (χ2n) is 6.14. The summed E-state index contributed by atoms with van der Waals surface area (Å²) in [7, 11) is 0. The summed E-state index contributed by atoms with van der Waals surface area (Å²) in [6.07, 6.45) is 2.32. The van der Waals surface area contributed by atoms with E-state index in [1.807, 2.05) is 20.8 Å². The van der Waals surface area contributed by atoms with Crippen LogP contribution in [0.3, 0.4) is 0 Å². The van der Waals surface area contributed by atoms with Gasteiger partial charge in [-0.2, -0.15) is 0 Å². The summed E-state index contributed by atoms with van der Waals surface area (Å²) in [6.45, 7) is 8.01. The molecule has 19 heavy (non-hydrogen) atoms. The molecule has 0 spiro atoms. The predicted molar refractivity (Wildman–Crippen MR) is 85.6 cm³/mol. The summed E-state index contributed by atoms with van der Waals surface area (Å²) in [4.78, 5) is 0. The van der Waals surface area contributed by atoms with Gasteiger partial charge in [0.05, 0.1) is 6.54 Å². The zero-order valence-electron chi connectivity index (χ0n) is 11.9. The van der Waals surface area contributed by atoms with E-state index in [2.05, 4.69) is 44.5 Å². The zero-order chi connectivity index (χ0) is 14.0. The van der Waals surface area contributed by atoms with Crippen LogP contribution in [-0.4, -0.2) is 26.7 Å². The molecule has 1 aromatic carbocycles. The predicted octanol–water partition coefficient (Wildman–Crippen LogP) is 4.09. The van der Waals surface area contributed by atoms with Crippen molar-refractivity contribution in [1.82, 2.24) is 4.31 Å². The molecule has 0 radical (unpaired) electrons. The molecule has 1 saturated heterocycles. The van der Waals surface area contributed by atoms with Gasteiger partial charge in [0, 0.05) is 28.3 Å². The van der Waals surface area contributed by atoms with Crippen molar-refractivity contribution in [2.45, 2.75) is 44.3 Å². The quantitative estimate of drug-likeness (QED) is 0.756. The molecule has 0 aliphatic carbocycles. The molecule has 2 rings (SSSR count). The molecule has 0 aromatic heterocycles. The number of rotatable bonds is 2. The van der Waals surface area contributed by atoms with E-state index < -0.39 is 11.4 Å². The third-order valence-electron chi connectivity index (χ3n) is 3.48. The lowest BCUT2D eigenvalue weighted by Gasteiger charge is -2.37. The topological polar surface area (TPSA) is 26.3 Å². The van der Waals surface area contributed by atoms with Crippen LogP contribution in [0.25, 0.3) is 0 Å². The van der Waals surface area contributed by atoms with E-state index in [4.69, 9.17) is 0 Å². The van der Waals surface area contributed by atoms with Crippen LogP contribution in [0.5, 0.6) is 0 Å². The van der Waals surface area contributed by atoms with E-state index in [-0.39, 0.29) is 4.75 Å². The number of benzene rings is 1. The Bertz CT molecular complexity index is 415. The molecule has 0 amide bonds. The lowest BCUT2D eigenvalue weighted by Crippen LogP contribution is -2.47. The van der Waals surface area contributed by atoms with Gasteiger partial charge in [0.1, 0.15) is 4.75 Å². The number of piperidine rings is 1. The van der Waals surface area contributed by atoms with Crippen molar-refractivity contribution in [1.29, 1.82) is 0 Å². The Morgan fingerprint density at radius 3 is 2.47 bits per heavy atom. The highest BCUT2D eigenvalue weighted by atomic mass is 79.9. The Balaban J connectivity index is 2.07. The first-order valence-electron chi connectivity index (χ1n) is 6.80. The van der Waals surface area contributed by atoms with Gasteiger partial charge in [0.2, 0.25) is 0 Å². The van der Waals surface area contributed by atoms with Crippen molar-refractivity contribution in [2.24, 2.45) is 0 Å². The van der Waals surface area contributed by atoms with Crippen molar-refractivity contribution in [3.05, 3.63) is 34.3 Å². The van der Waals surface area contributed by atoms with E-state index in [1.54, 1.807) is 0 Å². The molecule has 1 aliphatic heterocycles. The second kappa shape index (κ2) is 6.17. The standard InChI is InChI=1S/C15H22BrNOS/c1-15(2,3)19(18)17-10-4-5-13(11-17)12-6-8-14(16)9-7-12/h6-9,13H,4-5,10-11H2,1-3H3/t13-,19?/m1/s1. The first-order valence-corrected chi connectivity index (χ1v) is 8.70. The van der Waals surface area contributed by atoms with E-state index in [0.29, 0.717) is 5.92 Å². The van der Waals surface area contributed by atoms with Gasteiger partial charge in [-0.25, -0.2) is 0 Å². The maximum Gasteiger partial charge on any atom is 0.137 e. The Morgan fingerprint density at radius 2 is 1.89 bits per heavy atom. The van der Waals surface area contributed by atoms with E-state index in [0.717, 1.165) is 24.0 Å². The Hall–Kier alpha value is -0.0300. The fourth-order valence-electron chi connectivity index (χ4n) is 2.49. The maximum absolute atomic E-state index is 12.5. The Labute approximate surface area is 128 Å². The van der Waals surface area contributed by atoms with Crippen molar-refractivity contribution in [3.8, 4) is 0 Å². The van der Waals surface area contributed by atoms with Crippen LogP contribution in [-0.2, 0) is 11.4 Å². The highest BCUT2D eigenvalue weighted by molar-refractivity contribution is 9.10. The molecule has 0 bridgehead atoms. The third-order valence-corrected chi connectivity index (χ3v) is 5.86. The molecule has 1 heterocycles. The van der Waals surface area contributed by atoms with Crippen LogP contribution in [0.15, 0.2) is 28.7 Å². The van der Waals surface area contributed by atoms with Crippen LogP contribution in [0.4, 0.5) is 0 Å². The minimum absolute atomic E-state index is 0.165. The molecule has 1 aromatic rings. The van der Waals surface area contributed by atoms with Gasteiger partial charge >= 0.3 is 0 Å². The minimum atomic E-state index is -0.899. The summed E-state index contributed by atoms with van der Waals surface area (Å²) in [5.41, 5.74) is 1.36. The van der Waals surface area contributed by atoms with E-state index in [1.165, 1.54) is 12.0 Å². The number of hydrogen-bond donors (Lipinski definition) is 0. The lowest BCUT2D eigenvalue weighted by molar-refractivity contribution is 0.308. The van der Waals surface area contributed by atoms with Gasteiger partial charge < -0.3 is 4.55 Å². The van der Waals surface area contributed by atoms with E-state index in [9.17, 15) is 4.55 Å². The first kappa shape index (κ1) is 15.4. The summed E-state index contributed by atoms with van der Waals surface area (Å²) in [5.74, 6) is 0.508. The van der Waals surface area contributed by atoms with Crippen LogP contribution >= 0.6 is 15.9 Å². The highest BCUT2D eigenvalue weighted by Crippen LogP contribution is 2.31. The Morgan fingerprint density at radius 1 is 1.26 bits per heavy atom. The molecule has 2 nitrogen and oxygen atoms in total. The Kier molecular flexibility index (Phi) is 4.99. The normalized spacial score (nSPS) is 23.3. The van der Waals surface area contributed by atoms with Gasteiger partial charge in [-0.1, -0.05) is 28.1 Å². The van der Waals surface area contributed by atoms with Gasteiger partial charge in [-0.3, -0.25) is 0 Å². The van der Waals surface area contributed by atoms with Gasteiger partial charge in [-0.15, -0.1) is 4.31 Å². The fourth-order valence-corrected chi connectivity index (χ4v) is 4.14. The number of halogens is 1. The summed E-state index contributed by atoms with van der Waals surface area (Å²) in [5, 5.41) is 0. The first-order chi connectivity index (χ1) is 8.88. The molecule has 2 atom stereocenters. The highest BCUT2D eigenvalue weighted by Gasteiger charge is 2.36. The number of hydrogen-bond acceptors (Lipinski definition) is 2. The zero-order valence-corrected chi connectivity index (χ0v) is 14.3. The van der Waals surface area contributed by atoms with E-state index >= 15 is 0 Å². The van der Waals surface area contributed by atoms with Gasteiger partial charge in [-0.05, 0) is 51.3 Å². The van der Waals surface area contributed by atoms with Crippen molar-refractivity contribution >= 4 is 27.3 Å². The lowest BCUT2D eigenvalue weighted by atomic mass is 9.92. The third kappa shape index (κ3) is 3.97. The SMILES string of the molecule is CC(C)(C)[S+]([O-])N1CCC[C@@H](c2ccc(Br)cc2)C1. The largest absolute Gasteiger partial charge is 0.597 e. The smallest absolute Gasteiger partial charge is 0.137 e. The minimum Gasteiger partial charge on any atom is -0.597 e. The van der Waals surface area contributed by atoms with Crippen molar-refractivity contribution < 1.29 is 4.55 Å². The molecule has 4 heteroatoms. The molecule has 0 N–H and O–H groups in total. The maximum atomic E-state index is 12.5. The van der Waals surface area contributed by atoms with Crippen LogP contribution < -0.4 is 0 Å². The summed E-state index contributed by atoms with van der Waals surface area (Å²) >= 11 is 2.57. The average molecular weight is 344 g/mol. The van der Waals surface area contributed by atoms with Crippen LogP contribution in [0, 0.1) is 0 Å². The summed E-state index contributed by atoms with van der Waals surface area (Å²) in [6, 6.07) is 8.54. The monoisotopic (exact) mass is 343 g/mol.